The van der Waals surface area contributed by atoms with Crippen molar-refractivity contribution in [1.29, 1.82) is 0 Å². The molecule has 0 radical (unpaired) electrons. The van der Waals surface area contributed by atoms with Gasteiger partial charge in [-0.15, -0.1) is 11.3 Å². The molecule has 1 aromatic rings. The number of aromatic nitrogens is 1. The van der Waals surface area contributed by atoms with Crippen molar-refractivity contribution in [2.45, 2.75) is 32.2 Å². The number of thiazole rings is 1. The summed E-state index contributed by atoms with van der Waals surface area (Å²) >= 11 is 1.72. The fourth-order valence-electron chi connectivity index (χ4n) is 1.80. The zero-order valence-corrected chi connectivity index (χ0v) is 10.3. The van der Waals surface area contributed by atoms with E-state index in [0.29, 0.717) is 0 Å². The van der Waals surface area contributed by atoms with Crippen LogP contribution < -0.4 is 10.6 Å². The van der Waals surface area contributed by atoms with Crippen molar-refractivity contribution in [3.8, 4) is 0 Å². The number of nitrogens with zero attached hydrogens (tertiary/aromatic N) is 2. The Morgan fingerprint density at radius 1 is 1.67 bits per heavy atom. The fraction of sp³-hybridized carbons (Fsp3) is 0.727. The zero-order chi connectivity index (χ0) is 10.8. The average molecular weight is 225 g/mol. The number of nitrogens with two attached hydrogens (primary N) is 1. The molecule has 0 aromatic carbocycles. The van der Waals surface area contributed by atoms with Gasteiger partial charge >= 0.3 is 0 Å². The lowest BCUT2D eigenvalue weighted by atomic mass is 9.85. The Hall–Kier alpha value is -0.610. The fourth-order valence-corrected chi connectivity index (χ4v) is 2.64. The molecule has 1 heterocycles. The zero-order valence-electron chi connectivity index (χ0n) is 9.44. The lowest BCUT2D eigenvalue weighted by Gasteiger charge is -2.29. The Kier molecular flexibility index (Phi) is 3.26. The second kappa shape index (κ2) is 4.49. The minimum Gasteiger partial charge on any atom is -0.351 e. The molecule has 0 aliphatic heterocycles. The molecule has 4 heteroatoms. The van der Waals surface area contributed by atoms with E-state index >= 15 is 0 Å². The number of anilines is 1. The van der Waals surface area contributed by atoms with E-state index in [4.69, 9.17) is 5.73 Å². The monoisotopic (exact) mass is 225 g/mol. The van der Waals surface area contributed by atoms with Crippen LogP contribution in [0.15, 0.2) is 6.20 Å². The molecule has 1 aromatic heterocycles. The summed E-state index contributed by atoms with van der Waals surface area (Å²) in [6.07, 6.45) is 6.08. The Morgan fingerprint density at radius 3 is 2.87 bits per heavy atom. The number of rotatable bonds is 4. The van der Waals surface area contributed by atoms with Gasteiger partial charge in [-0.05, 0) is 25.7 Å². The third-order valence-electron chi connectivity index (χ3n) is 3.04. The Labute approximate surface area is 95.3 Å². The van der Waals surface area contributed by atoms with E-state index in [1.54, 1.807) is 11.3 Å². The highest BCUT2D eigenvalue weighted by molar-refractivity contribution is 7.15. The lowest BCUT2D eigenvalue weighted by Crippen LogP contribution is -2.29. The normalized spacial score (nSPS) is 18.6. The molecule has 0 amide bonds. The smallest absolute Gasteiger partial charge is 0.185 e. The topological polar surface area (TPSA) is 42.1 Å². The molecule has 1 aliphatic carbocycles. The minimum absolute atomic E-state index is 0.105. The number of hydrogen-bond acceptors (Lipinski definition) is 4. The van der Waals surface area contributed by atoms with E-state index in [9.17, 15) is 0 Å². The van der Waals surface area contributed by atoms with Crippen molar-refractivity contribution >= 4 is 16.5 Å². The predicted octanol–water partition coefficient (Wildman–Crippen LogP) is 2.40. The summed E-state index contributed by atoms with van der Waals surface area (Å²) in [7, 11) is 2.13. The molecule has 15 heavy (non-hydrogen) atoms. The molecular weight excluding hydrogens is 206 g/mol. The molecule has 0 saturated heterocycles. The van der Waals surface area contributed by atoms with Crippen molar-refractivity contribution in [2.75, 3.05) is 18.5 Å². The molecule has 1 fully saturated rings. The van der Waals surface area contributed by atoms with E-state index < -0.39 is 0 Å². The highest BCUT2D eigenvalue weighted by Crippen LogP contribution is 2.30. The highest BCUT2D eigenvalue weighted by Gasteiger charge is 2.20. The van der Waals surface area contributed by atoms with Crippen LogP contribution in [0.4, 0.5) is 5.13 Å². The van der Waals surface area contributed by atoms with Crippen LogP contribution in [0, 0.1) is 5.92 Å². The van der Waals surface area contributed by atoms with Gasteiger partial charge in [0.25, 0.3) is 0 Å². The molecule has 1 aliphatic rings. The molecular formula is C11H19N3S. The first-order valence-corrected chi connectivity index (χ1v) is 6.41. The first-order chi connectivity index (χ1) is 7.16. The van der Waals surface area contributed by atoms with Crippen LogP contribution in [-0.4, -0.2) is 18.6 Å². The van der Waals surface area contributed by atoms with Crippen molar-refractivity contribution in [1.82, 2.24) is 4.98 Å². The second-order valence-electron chi connectivity index (χ2n) is 4.51. The molecule has 2 rings (SSSR count). The van der Waals surface area contributed by atoms with Gasteiger partial charge in [-0.2, -0.15) is 0 Å². The maximum atomic E-state index is 5.82. The van der Waals surface area contributed by atoms with E-state index in [0.717, 1.165) is 17.6 Å². The third kappa shape index (κ3) is 2.49. The molecule has 2 N–H and O–H groups in total. The standard InChI is InChI=1S/C11H19N3S/c1-8(12)10-6-13-11(15-10)14(2)7-9-4-3-5-9/h6,8-9H,3-5,7,12H2,1-2H3. The van der Waals surface area contributed by atoms with Gasteiger partial charge in [-0.1, -0.05) is 6.42 Å². The number of hydrogen-bond donors (Lipinski definition) is 1. The molecule has 1 unspecified atom stereocenters. The summed E-state index contributed by atoms with van der Waals surface area (Å²) < 4.78 is 0. The first-order valence-electron chi connectivity index (χ1n) is 5.59. The van der Waals surface area contributed by atoms with Crippen LogP contribution in [-0.2, 0) is 0 Å². The first kappa shape index (κ1) is 10.9. The molecule has 1 atom stereocenters. The van der Waals surface area contributed by atoms with Crippen LogP contribution in [0.25, 0.3) is 0 Å². The summed E-state index contributed by atoms with van der Waals surface area (Å²) in [5.41, 5.74) is 5.82. The minimum atomic E-state index is 0.105. The maximum Gasteiger partial charge on any atom is 0.185 e. The van der Waals surface area contributed by atoms with Gasteiger partial charge in [0.15, 0.2) is 5.13 Å². The Morgan fingerprint density at radius 2 is 2.40 bits per heavy atom. The Bertz CT molecular complexity index is 317. The van der Waals surface area contributed by atoms with Gasteiger partial charge < -0.3 is 10.6 Å². The van der Waals surface area contributed by atoms with Crippen molar-refractivity contribution in [2.24, 2.45) is 11.7 Å². The van der Waals surface area contributed by atoms with Gasteiger partial charge in [-0.3, -0.25) is 0 Å². The lowest BCUT2D eigenvalue weighted by molar-refractivity contribution is 0.321. The van der Waals surface area contributed by atoms with Crippen LogP contribution in [0.2, 0.25) is 0 Å². The summed E-state index contributed by atoms with van der Waals surface area (Å²) in [5, 5.41) is 1.11. The molecule has 3 nitrogen and oxygen atoms in total. The van der Waals surface area contributed by atoms with E-state index in [-0.39, 0.29) is 6.04 Å². The SMILES string of the molecule is CC(N)c1cnc(N(C)CC2CCC2)s1. The van der Waals surface area contributed by atoms with Crippen LogP contribution >= 0.6 is 11.3 Å². The molecule has 0 bridgehead atoms. The van der Waals surface area contributed by atoms with Crippen LogP contribution in [0.5, 0.6) is 0 Å². The molecule has 0 spiro atoms. The van der Waals surface area contributed by atoms with Crippen LogP contribution in [0.3, 0.4) is 0 Å². The van der Waals surface area contributed by atoms with Crippen molar-refractivity contribution < 1.29 is 0 Å². The van der Waals surface area contributed by atoms with E-state index in [1.165, 1.54) is 24.1 Å². The Balaban J connectivity index is 1.95. The second-order valence-corrected chi connectivity index (χ2v) is 5.55. The van der Waals surface area contributed by atoms with Crippen LogP contribution in [0.1, 0.15) is 37.1 Å². The van der Waals surface area contributed by atoms with Gasteiger partial charge in [0.1, 0.15) is 0 Å². The van der Waals surface area contributed by atoms with Crippen molar-refractivity contribution in [3.63, 3.8) is 0 Å². The quantitative estimate of drug-likeness (QED) is 0.855. The largest absolute Gasteiger partial charge is 0.351 e. The van der Waals surface area contributed by atoms with Crippen molar-refractivity contribution in [3.05, 3.63) is 11.1 Å². The summed E-state index contributed by atoms with van der Waals surface area (Å²) in [6.45, 7) is 3.15. The summed E-state index contributed by atoms with van der Waals surface area (Å²) in [6, 6.07) is 0.105. The van der Waals surface area contributed by atoms with Gasteiger partial charge in [-0.25, -0.2) is 4.98 Å². The summed E-state index contributed by atoms with van der Waals surface area (Å²) in [4.78, 5) is 7.85. The van der Waals surface area contributed by atoms with Gasteiger partial charge in [0.05, 0.1) is 0 Å². The average Bonchev–Trinajstić information content (AvgIpc) is 2.59. The van der Waals surface area contributed by atoms with E-state index in [2.05, 4.69) is 16.9 Å². The molecule has 84 valence electrons. The highest BCUT2D eigenvalue weighted by atomic mass is 32.1. The van der Waals surface area contributed by atoms with E-state index in [1.807, 2.05) is 13.1 Å². The predicted molar refractivity (Wildman–Crippen MR) is 65.3 cm³/mol. The maximum absolute atomic E-state index is 5.82. The summed E-state index contributed by atoms with van der Waals surface area (Å²) in [5.74, 6) is 0.887. The van der Waals surface area contributed by atoms with Gasteiger partial charge in [0.2, 0.25) is 0 Å². The molecule has 1 saturated carbocycles. The third-order valence-corrected chi connectivity index (χ3v) is 4.36. The van der Waals surface area contributed by atoms with Gasteiger partial charge in [0, 0.05) is 30.7 Å².